The van der Waals surface area contributed by atoms with E-state index in [1.807, 2.05) is 13.8 Å². The number of methoxy groups -OCH3 is 1. The van der Waals surface area contributed by atoms with Gasteiger partial charge < -0.3 is 19.9 Å². The van der Waals surface area contributed by atoms with Crippen molar-refractivity contribution >= 4 is 50.0 Å². The summed E-state index contributed by atoms with van der Waals surface area (Å²) in [6, 6.07) is 1.74. The largest absolute Gasteiger partial charge is 0.490 e. The Balaban J connectivity index is 2.38. The third kappa shape index (κ3) is 4.76. The van der Waals surface area contributed by atoms with Crippen molar-refractivity contribution in [1.82, 2.24) is 9.66 Å². The van der Waals surface area contributed by atoms with E-state index in [2.05, 4.69) is 46.7 Å². The molecule has 1 aromatic carbocycles. The smallest absolute Gasteiger partial charge is 0.343 e. The van der Waals surface area contributed by atoms with Gasteiger partial charge in [0.1, 0.15) is 0 Å². The van der Waals surface area contributed by atoms with Crippen molar-refractivity contribution in [3.63, 3.8) is 0 Å². The van der Waals surface area contributed by atoms with Crippen LogP contribution in [0.15, 0.2) is 26.3 Å². The molecule has 8 nitrogen and oxygen atoms in total. The highest BCUT2D eigenvalue weighted by atomic mass is 79.9. The lowest BCUT2D eigenvalue weighted by Crippen LogP contribution is -2.13. The number of hydrogen-bond acceptors (Lipinski definition) is 7. The molecule has 0 aliphatic carbocycles. The molecule has 0 aliphatic heterocycles. The molecule has 0 unspecified atom stereocenters. The van der Waals surface area contributed by atoms with E-state index in [-0.39, 0.29) is 12.6 Å². The quantitative estimate of drug-likeness (QED) is 0.473. The van der Waals surface area contributed by atoms with Gasteiger partial charge in [0.15, 0.2) is 18.1 Å². The first-order valence-electron chi connectivity index (χ1n) is 7.57. The van der Waals surface area contributed by atoms with E-state index in [1.54, 1.807) is 18.5 Å². The Morgan fingerprint density at radius 1 is 1.38 bits per heavy atom. The van der Waals surface area contributed by atoms with Crippen LogP contribution in [0.4, 0.5) is 5.95 Å². The summed E-state index contributed by atoms with van der Waals surface area (Å²) in [5.74, 6) is 0.644. The standard InChI is InChI=1S/C16H18Br2N4O4/c1-4-25-11-5-10(6-20-22-7-9(2)21-16(22)19)13(17)14(18)15(11)26-8-12(23)24-3/h5-7H,4,8H2,1-3H3,(H2,19,21). The predicted octanol–water partition coefficient (Wildman–Crippen LogP) is 3.13. The van der Waals surface area contributed by atoms with Crippen molar-refractivity contribution in [2.75, 3.05) is 26.1 Å². The Labute approximate surface area is 167 Å². The molecule has 0 amide bonds. The van der Waals surface area contributed by atoms with Crippen LogP contribution < -0.4 is 15.2 Å². The Bertz CT molecular complexity index is 836. The average Bonchev–Trinajstić information content (AvgIpc) is 2.93. The summed E-state index contributed by atoms with van der Waals surface area (Å²) in [5, 5.41) is 4.30. The van der Waals surface area contributed by atoms with Gasteiger partial charge in [0.2, 0.25) is 5.95 Å². The third-order valence-electron chi connectivity index (χ3n) is 3.17. The molecule has 2 rings (SSSR count). The number of nitrogens with zero attached hydrogens (tertiary/aromatic N) is 3. The molecule has 0 bridgehead atoms. The van der Waals surface area contributed by atoms with Gasteiger partial charge in [-0.05, 0) is 51.8 Å². The Hall–Kier alpha value is -2.07. The van der Waals surface area contributed by atoms with Crippen LogP contribution >= 0.6 is 31.9 Å². The van der Waals surface area contributed by atoms with Crippen LogP contribution in [-0.4, -0.2) is 42.2 Å². The summed E-state index contributed by atoms with van der Waals surface area (Å²) in [4.78, 5) is 15.4. The maximum absolute atomic E-state index is 11.4. The zero-order valence-electron chi connectivity index (χ0n) is 14.5. The van der Waals surface area contributed by atoms with Crippen LogP contribution in [0.2, 0.25) is 0 Å². The number of benzene rings is 1. The maximum Gasteiger partial charge on any atom is 0.343 e. The van der Waals surface area contributed by atoms with Gasteiger partial charge in [0.25, 0.3) is 0 Å². The first-order chi connectivity index (χ1) is 12.4. The Kier molecular flexibility index (Phi) is 7.04. The van der Waals surface area contributed by atoms with E-state index in [0.717, 1.165) is 11.3 Å². The molecule has 0 atom stereocenters. The van der Waals surface area contributed by atoms with E-state index in [9.17, 15) is 4.79 Å². The fraction of sp³-hybridized carbons (Fsp3) is 0.312. The number of carbonyl (C=O) groups excluding carboxylic acids is 1. The van der Waals surface area contributed by atoms with Gasteiger partial charge in [-0.3, -0.25) is 0 Å². The number of halogens is 2. The fourth-order valence-electron chi connectivity index (χ4n) is 2.01. The molecule has 140 valence electrons. The van der Waals surface area contributed by atoms with Crippen molar-refractivity contribution < 1.29 is 19.0 Å². The predicted molar refractivity (Wildman–Crippen MR) is 105 cm³/mol. The van der Waals surface area contributed by atoms with Gasteiger partial charge in [-0.2, -0.15) is 5.10 Å². The van der Waals surface area contributed by atoms with Crippen molar-refractivity contribution in [3.05, 3.63) is 32.5 Å². The molecular formula is C16H18Br2N4O4. The number of nitrogen functional groups attached to an aromatic ring is 1. The molecule has 0 radical (unpaired) electrons. The second kappa shape index (κ2) is 9.04. The fourth-order valence-corrected chi connectivity index (χ4v) is 2.94. The normalized spacial score (nSPS) is 11.0. The second-order valence-electron chi connectivity index (χ2n) is 5.05. The molecule has 2 aromatic rings. The highest BCUT2D eigenvalue weighted by molar-refractivity contribution is 9.13. The van der Waals surface area contributed by atoms with Gasteiger partial charge in [-0.15, -0.1) is 0 Å². The Morgan fingerprint density at radius 3 is 2.69 bits per heavy atom. The van der Waals surface area contributed by atoms with Gasteiger partial charge in [0, 0.05) is 10.0 Å². The van der Waals surface area contributed by atoms with Gasteiger partial charge >= 0.3 is 5.97 Å². The Morgan fingerprint density at radius 2 is 2.12 bits per heavy atom. The van der Waals surface area contributed by atoms with Crippen LogP contribution in [0.3, 0.4) is 0 Å². The number of rotatable bonds is 7. The van der Waals surface area contributed by atoms with Crippen molar-refractivity contribution in [2.24, 2.45) is 5.10 Å². The van der Waals surface area contributed by atoms with Crippen molar-refractivity contribution in [3.8, 4) is 11.5 Å². The molecule has 0 saturated carbocycles. The lowest BCUT2D eigenvalue weighted by molar-refractivity contribution is -0.142. The molecule has 10 heteroatoms. The summed E-state index contributed by atoms with van der Waals surface area (Å²) in [6.45, 7) is 3.87. The van der Waals surface area contributed by atoms with E-state index >= 15 is 0 Å². The molecule has 2 N–H and O–H groups in total. The lowest BCUT2D eigenvalue weighted by Gasteiger charge is -2.15. The van der Waals surface area contributed by atoms with Crippen molar-refractivity contribution in [2.45, 2.75) is 13.8 Å². The zero-order valence-corrected chi connectivity index (χ0v) is 17.6. The molecule has 0 spiro atoms. The minimum Gasteiger partial charge on any atom is -0.490 e. The van der Waals surface area contributed by atoms with Crippen molar-refractivity contribution in [1.29, 1.82) is 0 Å². The number of imidazole rings is 1. The number of carbonyl (C=O) groups is 1. The van der Waals surface area contributed by atoms with Crippen LogP contribution in [0.25, 0.3) is 0 Å². The third-order valence-corrected chi connectivity index (χ3v) is 5.32. The van der Waals surface area contributed by atoms with E-state index in [4.69, 9.17) is 15.2 Å². The van der Waals surface area contributed by atoms with Crippen LogP contribution in [0.5, 0.6) is 11.5 Å². The summed E-state index contributed by atoms with van der Waals surface area (Å²) in [5.41, 5.74) is 7.27. The summed E-state index contributed by atoms with van der Waals surface area (Å²) in [7, 11) is 1.29. The van der Waals surface area contributed by atoms with E-state index in [1.165, 1.54) is 11.8 Å². The van der Waals surface area contributed by atoms with Crippen LogP contribution in [0, 0.1) is 6.92 Å². The molecule has 0 aliphatic rings. The zero-order chi connectivity index (χ0) is 19.3. The first kappa shape index (κ1) is 20.2. The first-order valence-corrected chi connectivity index (χ1v) is 9.16. The molecule has 0 saturated heterocycles. The summed E-state index contributed by atoms with van der Waals surface area (Å²) < 4.78 is 18.5. The van der Waals surface area contributed by atoms with E-state index in [0.29, 0.717) is 27.1 Å². The number of aromatic nitrogens is 2. The van der Waals surface area contributed by atoms with Gasteiger partial charge in [0.05, 0.1) is 36.3 Å². The lowest BCUT2D eigenvalue weighted by atomic mass is 10.2. The monoisotopic (exact) mass is 488 g/mol. The number of ether oxygens (including phenoxy) is 3. The average molecular weight is 490 g/mol. The number of nitrogens with two attached hydrogens (primary N) is 1. The SMILES string of the molecule is CCOc1cc(C=Nn2cc(C)nc2N)c(Br)c(Br)c1OCC(=O)OC. The number of anilines is 1. The number of esters is 1. The molecule has 26 heavy (non-hydrogen) atoms. The summed E-state index contributed by atoms with van der Waals surface area (Å²) >= 11 is 6.95. The molecule has 1 aromatic heterocycles. The highest BCUT2D eigenvalue weighted by Crippen LogP contribution is 2.42. The topological polar surface area (TPSA) is 101 Å². The molecular weight excluding hydrogens is 472 g/mol. The van der Waals surface area contributed by atoms with Gasteiger partial charge in [-0.1, -0.05) is 0 Å². The van der Waals surface area contributed by atoms with Gasteiger partial charge in [-0.25, -0.2) is 14.5 Å². The minimum atomic E-state index is -0.493. The summed E-state index contributed by atoms with van der Waals surface area (Å²) in [6.07, 6.45) is 3.32. The number of aryl methyl sites for hydroxylation is 1. The van der Waals surface area contributed by atoms with E-state index < -0.39 is 5.97 Å². The maximum atomic E-state index is 11.4. The molecule has 0 fully saturated rings. The minimum absolute atomic E-state index is 0.236. The number of hydrogen-bond donors (Lipinski definition) is 1. The van der Waals surface area contributed by atoms with Crippen LogP contribution in [-0.2, 0) is 9.53 Å². The molecule has 1 heterocycles. The van der Waals surface area contributed by atoms with Crippen LogP contribution in [0.1, 0.15) is 18.2 Å². The second-order valence-corrected chi connectivity index (χ2v) is 6.63. The highest BCUT2D eigenvalue weighted by Gasteiger charge is 2.18.